The molecule has 4 nitrogen and oxygen atoms in total. The van der Waals surface area contributed by atoms with Gasteiger partial charge in [0.05, 0.1) is 0 Å². The third kappa shape index (κ3) is 2.84. The summed E-state index contributed by atoms with van der Waals surface area (Å²) in [6.45, 7) is 0.353. The minimum Gasteiger partial charge on any atom is -0.365 e. The van der Waals surface area contributed by atoms with E-state index < -0.39 is 5.37 Å². The number of alkyl halides is 1. The first-order valence-electron chi connectivity index (χ1n) is 5.22. The van der Waals surface area contributed by atoms with Crippen molar-refractivity contribution in [3.63, 3.8) is 0 Å². The summed E-state index contributed by atoms with van der Waals surface area (Å²) in [5.74, 6) is -0.614. The van der Waals surface area contributed by atoms with E-state index in [4.69, 9.17) is 0 Å². The fraction of sp³-hybridized carbons (Fsp3) is 0.273. The molecular formula is C11H10BrFN2O2S. The number of thioether (sulfide) groups is 1. The molecule has 0 aromatic heterocycles. The summed E-state index contributed by atoms with van der Waals surface area (Å²) in [5.41, 5.74) is 0.607. The quantitative estimate of drug-likeness (QED) is 0.861. The van der Waals surface area contributed by atoms with Crippen LogP contribution in [0.1, 0.15) is 0 Å². The Labute approximate surface area is 116 Å². The topological polar surface area (TPSA) is 49.4 Å². The van der Waals surface area contributed by atoms with Gasteiger partial charge in [0.15, 0.2) is 5.37 Å². The number of amides is 2. The van der Waals surface area contributed by atoms with E-state index in [0.717, 1.165) is 11.8 Å². The van der Waals surface area contributed by atoms with Crippen LogP contribution in [0.2, 0.25) is 0 Å². The summed E-state index contributed by atoms with van der Waals surface area (Å²) in [6, 6.07) is 5.65. The van der Waals surface area contributed by atoms with E-state index in [1.54, 1.807) is 0 Å². The number of hydrogen-bond donors (Lipinski definition) is 1. The molecule has 0 bridgehead atoms. The smallest absolute Gasteiger partial charge is 0.290 e. The number of halogens is 2. The second kappa shape index (κ2) is 5.71. The maximum atomic E-state index is 12.7. The molecule has 1 N–H and O–H groups in total. The number of benzene rings is 1. The van der Waals surface area contributed by atoms with Crippen molar-refractivity contribution in [2.24, 2.45) is 0 Å². The molecule has 1 aliphatic rings. The highest BCUT2D eigenvalue weighted by molar-refractivity contribution is 9.09. The predicted octanol–water partition coefficient (Wildman–Crippen LogP) is 2.65. The number of carbonyl (C=O) groups is 2. The van der Waals surface area contributed by atoms with Gasteiger partial charge in [-0.05, 0) is 36.0 Å². The highest BCUT2D eigenvalue weighted by atomic mass is 79.9. The lowest BCUT2D eigenvalue weighted by Crippen LogP contribution is -2.35. The van der Waals surface area contributed by atoms with Crippen LogP contribution in [0.5, 0.6) is 0 Å². The zero-order valence-corrected chi connectivity index (χ0v) is 11.6. The Kier molecular flexibility index (Phi) is 4.23. The molecule has 0 saturated carbocycles. The fourth-order valence-corrected chi connectivity index (χ4v) is 2.81. The van der Waals surface area contributed by atoms with E-state index in [1.807, 2.05) is 0 Å². The molecule has 18 heavy (non-hydrogen) atoms. The molecule has 1 atom stereocenters. The first kappa shape index (κ1) is 13.4. The second-order valence-corrected chi connectivity index (χ2v) is 5.44. The van der Waals surface area contributed by atoms with Crippen molar-refractivity contribution >= 4 is 44.5 Å². The van der Waals surface area contributed by atoms with Crippen molar-refractivity contribution in [2.45, 2.75) is 5.37 Å². The molecule has 0 unspecified atom stereocenters. The van der Waals surface area contributed by atoms with E-state index in [-0.39, 0.29) is 17.0 Å². The standard InChI is InChI=1S/C11H10BrFN2O2S/c12-5-6-15-10(16)9(18-11(15)17)14-8-3-1-7(13)2-4-8/h1-4,9,14H,5-6H2/t9-/m0/s1. The van der Waals surface area contributed by atoms with Gasteiger partial charge in [0.2, 0.25) is 0 Å². The molecule has 0 spiro atoms. The van der Waals surface area contributed by atoms with Crippen LogP contribution in [0.15, 0.2) is 24.3 Å². The lowest BCUT2D eigenvalue weighted by atomic mass is 10.3. The molecule has 1 aromatic rings. The number of rotatable bonds is 4. The van der Waals surface area contributed by atoms with Crippen LogP contribution in [0.4, 0.5) is 14.9 Å². The van der Waals surface area contributed by atoms with Crippen LogP contribution < -0.4 is 5.32 Å². The molecule has 0 radical (unpaired) electrons. The van der Waals surface area contributed by atoms with Gasteiger partial charge in [0, 0.05) is 17.6 Å². The van der Waals surface area contributed by atoms with Crippen molar-refractivity contribution in [3.05, 3.63) is 30.1 Å². The first-order valence-corrected chi connectivity index (χ1v) is 7.22. The van der Waals surface area contributed by atoms with Crippen LogP contribution in [-0.2, 0) is 4.79 Å². The lowest BCUT2D eigenvalue weighted by molar-refractivity contribution is -0.125. The monoisotopic (exact) mass is 332 g/mol. The van der Waals surface area contributed by atoms with Gasteiger partial charge in [-0.3, -0.25) is 14.5 Å². The highest BCUT2D eigenvalue weighted by Crippen LogP contribution is 2.28. The molecule has 1 heterocycles. The van der Waals surface area contributed by atoms with Gasteiger partial charge in [0.1, 0.15) is 5.82 Å². The number of nitrogens with one attached hydrogen (secondary N) is 1. The molecule has 7 heteroatoms. The van der Waals surface area contributed by atoms with Gasteiger partial charge in [-0.15, -0.1) is 0 Å². The van der Waals surface area contributed by atoms with Crippen molar-refractivity contribution in [1.29, 1.82) is 0 Å². The summed E-state index contributed by atoms with van der Waals surface area (Å²) in [6.07, 6.45) is 0. The largest absolute Gasteiger partial charge is 0.365 e. The van der Waals surface area contributed by atoms with Gasteiger partial charge < -0.3 is 5.32 Å². The summed E-state index contributed by atoms with van der Waals surface area (Å²) >= 11 is 4.12. The summed E-state index contributed by atoms with van der Waals surface area (Å²) in [7, 11) is 0. The van der Waals surface area contributed by atoms with E-state index in [1.165, 1.54) is 29.2 Å². The molecular weight excluding hydrogens is 323 g/mol. The maximum absolute atomic E-state index is 12.7. The average molecular weight is 333 g/mol. The van der Waals surface area contributed by atoms with E-state index >= 15 is 0 Å². The fourth-order valence-electron chi connectivity index (χ4n) is 1.52. The second-order valence-electron chi connectivity index (χ2n) is 3.59. The average Bonchev–Trinajstić information content (AvgIpc) is 2.60. The van der Waals surface area contributed by atoms with Crippen molar-refractivity contribution in [1.82, 2.24) is 4.90 Å². The van der Waals surface area contributed by atoms with Crippen LogP contribution in [0.25, 0.3) is 0 Å². The molecule has 2 rings (SSSR count). The Balaban J connectivity index is 2.05. The Morgan fingerprint density at radius 2 is 2.00 bits per heavy atom. The third-order valence-corrected chi connectivity index (χ3v) is 3.71. The Hall–Kier alpha value is -1.08. The molecule has 96 valence electrons. The van der Waals surface area contributed by atoms with Gasteiger partial charge in [0.25, 0.3) is 11.1 Å². The number of hydrogen-bond acceptors (Lipinski definition) is 4. The molecule has 1 aromatic carbocycles. The van der Waals surface area contributed by atoms with Crippen molar-refractivity contribution in [3.8, 4) is 0 Å². The minimum atomic E-state index is -0.637. The summed E-state index contributed by atoms with van der Waals surface area (Å²) in [4.78, 5) is 24.7. The highest BCUT2D eigenvalue weighted by Gasteiger charge is 2.39. The molecule has 2 amide bonds. The third-order valence-electron chi connectivity index (χ3n) is 2.38. The van der Waals surface area contributed by atoms with Crippen LogP contribution in [0, 0.1) is 5.82 Å². The predicted molar refractivity (Wildman–Crippen MR) is 72.3 cm³/mol. The Morgan fingerprint density at radius 3 is 2.61 bits per heavy atom. The Morgan fingerprint density at radius 1 is 1.33 bits per heavy atom. The summed E-state index contributed by atoms with van der Waals surface area (Å²) in [5, 5.41) is 2.55. The van der Waals surface area contributed by atoms with Crippen LogP contribution in [-0.4, -0.2) is 33.3 Å². The van der Waals surface area contributed by atoms with E-state index in [9.17, 15) is 14.0 Å². The number of carbonyl (C=O) groups excluding carboxylic acids is 2. The molecule has 0 aliphatic carbocycles. The normalized spacial score (nSPS) is 19.4. The molecule has 1 fully saturated rings. The van der Waals surface area contributed by atoms with Crippen LogP contribution in [0.3, 0.4) is 0 Å². The molecule has 1 aliphatic heterocycles. The van der Waals surface area contributed by atoms with Crippen LogP contribution >= 0.6 is 27.7 Å². The number of anilines is 1. The zero-order valence-electron chi connectivity index (χ0n) is 9.23. The molecule has 1 saturated heterocycles. The number of imide groups is 1. The SMILES string of the molecule is O=C1S[C@H](Nc2ccc(F)cc2)C(=O)N1CCBr. The lowest BCUT2D eigenvalue weighted by Gasteiger charge is -2.13. The first-order chi connectivity index (χ1) is 8.61. The van der Waals surface area contributed by atoms with E-state index in [2.05, 4.69) is 21.2 Å². The van der Waals surface area contributed by atoms with Gasteiger partial charge in [-0.25, -0.2) is 4.39 Å². The number of nitrogens with zero attached hydrogens (tertiary/aromatic N) is 1. The van der Waals surface area contributed by atoms with E-state index in [0.29, 0.717) is 17.6 Å². The van der Waals surface area contributed by atoms with Crippen molar-refractivity contribution in [2.75, 3.05) is 17.2 Å². The van der Waals surface area contributed by atoms with Gasteiger partial charge in [-0.1, -0.05) is 15.9 Å². The van der Waals surface area contributed by atoms with Gasteiger partial charge >= 0.3 is 0 Å². The Bertz CT molecular complexity index is 469. The maximum Gasteiger partial charge on any atom is 0.290 e. The summed E-state index contributed by atoms with van der Waals surface area (Å²) < 4.78 is 12.7. The zero-order chi connectivity index (χ0) is 13.1. The van der Waals surface area contributed by atoms with Gasteiger partial charge in [-0.2, -0.15) is 0 Å². The minimum absolute atomic E-state index is 0.265. The van der Waals surface area contributed by atoms with Crippen molar-refractivity contribution < 1.29 is 14.0 Å².